The van der Waals surface area contributed by atoms with E-state index in [9.17, 15) is 0 Å². The molecule has 1 atom stereocenters. The smallest absolute Gasteiger partial charge is 0.185 e. The fraction of sp³-hybridized carbons (Fsp3) is 0.217. The Morgan fingerprint density at radius 2 is 1.08 bits per heavy atom. The molecule has 134 valence electrons. The molecule has 3 rings (SSSR count). The van der Waals surface area contributed by atoms with Crippen molar-refractivity contribution in [2.45, 2.75) is 31.3 Å². The Morgan fingerprint density at radius 1 is 0.692 bits per heavy atom. The van der Waals surface area contributed by atoms with Crippen LogP contribution in [0.25, 0.3) is 0 Å². The van der Waals surface area contributed by atoms with Crippen LogP contribution in [0.2, 0.25) is 19.6 Å². The molecule has 3 aromatic carbocycles. The minimum absolute atomic E-state index is 0.319. The topological polar surface area (TPSA) is 35.2 Å². The second kappa shape index (κ2) is 7.58. The van der Waals surface area contributed by atoms with E-state index < -0.39 is 13.9 Å². The van der Waals surface area contributed by atoms with Crippen molar-refractivity contribution in [3.63, 3.8) is 0 Å². The summed E-state index contributed by atoms with van der Waals surface area (Å²) in [6, 6.07) is 30.7. The minimum atomic E-state index is -1.93. The monoisotopic (exact) mass is 361 g/mol. The van der Waals surface area contributed by atoms with Gasteiger partial charge in [0.15, 0.2) is 8.32 Å². The Labute approximate surface area is 157 Å². The molecule has 0 aliphatic carbocycles. The molecular formula is C23H27NOSi. The predicted molar refractivity (Wildman–Crippen MR) is 111 cm³/mol. The van der Waals surface area contributed by atoms with E-state index in [-0.39, 0.29) is 6.04 Å². The summed E-state index contributed by atoms with van der Waals surface area (Å²) in [6.45, 7) is 6.64. The Morgan fingerprint density at radius 3 is 1.46 bits per heavy atom. The number of hydrogen-bond donors (Lipinski definition) is 1. The quantitative estimate of drug-likeness (QED) is 0.590. The Hall–Kier alpha value is -2.20. The van der Waals surface area contributed by atoms with E-state index in [1.807, 2.05) is 30.3 Å². The molecule has 0 spiro atoms. The molecule has 0 unspecified atom stereocenters. The zero-order valence-corrected chi connectivity index (χ0v) is 16.7. The molecule has 3 heteroatoms. The van der Waals surface area contributed by atoms with Crippen molar-refractivity contribution in [3.05, 3.63) is 108 Å². The maximum Gasteiger partial charge on any atom is 0.185 e. The summed E-state index contributed by atoms with van der Waals surface area (Å²) in [5.74, 6) is 0. The summed E-state index contributed by atoms with van der Waals surface area (Å²) in [5.41, 5.74) is 9.46. The first kappa shape index (κ1) is 18.6. The number of hydrogen-bond acceptors (Lipinski definition) is 2. The summed E-state index contributed by atoms with van der Waals surface area (Å²) in [4.78, 5) is 0. The van der Waals surface area contributed by atoms with Crippen molar-refractivity contribution in [2.24, 2.45) is 5.73 Å². The number of benzene rings is 3. The van der Waals surface area contributed by atoms with Crippen LogP contribution in [0.15, 0.2) is 91.0 Å². The molecule has 26 heavy (non-hydrogen) atoms. The normalized spacial score (nSPS) is 13.4. The van der Waals surface area contributed by atoms with E-state index in [1.54, 1.807) is 0 Å². The lowest BCUT2D eigenvalue weighted by Crippen LogP contribution is -2.48. The second-order valence-corrected chi connectivity index (χ2v) is 12.0. The van der Waals surface area contributed by atoms with Gasteiger partial charge in [-0.3, -0.25) is 0 Å². The van der Waals surface area contributed by atoms with Crippen LogP contribution in [0, 0.1) is 0 Å². The fourth-order valence-corrected chi connectivity index (χ4v) is 4.79. The zero-order valence-electron chi connectivity index (χ0n) is 15.7. The van der Waals surface area contributed by atoms with Gasteiger partial charge in [0.25, 0.3) is 0 Å². The highest BCUT2D eigenvalue weighted by Crippen LogP contribution is 2.44. The maximum atomic E-state index is 6.94. The van der Waals surface area contributed by atoms with Crippen molar-refractivity contribution in [1.82, 2.24) is 0 Å². The summed E-state index contributed by atoms with van der Waals surface area (Å²) in [5, 5.41) is 0. The van der Waals surface area contributed by atoms with Gasteiger partial charge in [-0.1, -0.05) is 91.0 Å². The van der Waals surface area contributed by atoms with Gasteiger partial charge in [0.1, 0.15) is 5.60 Å². The van der Waals surface area contributed by atoms with Crippen molar-refractivity contribution < 1.29 is 4.43 Å². The molecule has 0 saturated heterocycles. The average Bonchev–Trinajstić information content (AvgIpc) is 2.67. The Balaban J connectivity index is 2.28. The molecule has 0 amide bonds. The highest BCUT2D eigenvalue weighted by molar-refractivity contribution is 6.69. The van der Waals surface area contributed by atoms with Gasteiger partial charge in [0.2, 0.25) is 0 Å². The predicted octanol–water partition coefficient (Wildman–Crippen LogP) is 5.48. The van der Waals surface area contributed by atoms with Gasteiger partial charge in [-0.25, -0.2) is 0 Å². The molecule has 0 aliphatic rings. The van der Waals surface area contributed by atoms with E-state index in [4.69, 9.17) is 10.2 Å². The molecule has 0 saturated carbocycles. The van der Waals surface area contributed by atoms with Gasteiger partial charge in [-0.05, 0) is 36.3 Å². The van der Waals surface area contributed by atoms with E-state index in [0.29, 0.717) is 0 Å². The largest absolute Gasteiger partial charge is 0.402 e. The summed E-state index contributed by atoms with van der Waals surface area (Å²) >= 11 is 0. The van der Waals surface area contributed by atoms with Crippen LogP contribution in [0.3, 0.4) is 0 Å². The molecule has 0 bridgehead atoms. The molecule has 0 radical (unpaired) electrons. The SMILES string of the molecule is C[Si](C)(C)OC(c1ccccc1)(c1ccccc1)[C@@H](N)c1ccccc1. The van der Waals surface area contributed by atoms with E-state index in [1.165, 1.54) is 0 Å². The molecule has 0 heterocycles. The van der Waals surface area contributed by atoms with Crippen LogP contribution in [-0.4, -0.2) is 8.32 Å². The molecule has 2 N–H and O–H groups in total. The van der Waals surface area contributed by atoms with E-state index in [0.717, 1.165) is 16.7 Å². The maximum absolute atomic E-state index is 6.94. The van der Waals surface area contributed by atoms with Crippen molar-refractivity contribution >= 4 is 8.32 Å². The van der Waals surface area contributed by atoms with E-state index >= 15 is 0 Å². The van der Waals surface area contributed by atoms with Crippen LogP contribution >= 0.6 is 0 Å². The molecule has 2 nitrogen and oxygen atoms in total. The third-order valence-corrected chi connectivity index (χ3v) is 5.40. The van der Waals surface area contributed by atoms with Crippen LogP contribution in [0.4, 0.5) is 0 Å². The highest BCUT2D eigenvalue weighted by Gasteiger charge is 2.45. The van der Waals surface area contributed by atoms with Gasteiger partial charge in [-0.15, -0.1) is 0 Å². The molecule has 0 aromatic heterocycles. The molecular weight excluding hydrogens is 334 g/mol. The van der Waals surface area contributed by atoms with Crippen LogP contribution in [-0.2, 0) is 10.0 Å². The third-order valence-electron chi connectivity index (χ3n) is 4.47. The second-order valence-electron chi connectivity index (χ2n) is 7.57. The summed E-state index contributed by atoms with van der Waals surface area (Å²) in [7, 11) is -1.93. The van der Waals surface area contributed by atoms with Crippen LogP contribution < -0.4 is 5.73 Å². The lowest BCUT2D eigenvalue weighted by molar-refractivity contribution is 0.0715. The van der Waals surface area contributed by atoms with Crippen LogP contribution in [0.1, 0.15) is 22.7 Å². The fourth-order valence-electron chi connectivity index (χ4n) is 3.46. The number of nitrogens with two attached hydrogens (primary N) is 1. The molecule has 0 fully saturated rings. The number of rotatable bonds is 6. The standard InChI is InChI=1S/C23H27NOSi/c1-26(2,3)25-23(20-15-9-5-10-16-20,21-17-11-6-12-18-21)22(24)19-13-7-4-8-14-19/h4-18,22H,24H2,1-3H3/t22-/m0/s1. The first-order chi connectivity index (χ1) is 12.4. The Kier molecular flexibility index (Phi) is 5.42. The molecule has 0 aliphatic heterocycles. The van der Waals surface area contributed by atoms with E-state index in [2.05, 4.69) is 80.3 Å². The molecule has 3 aromatic rings. The Bertz CT molecular complexity index is 774. The minimum Gasteiger partial charge on any atom is -0.402 e. The van der Waals surface area contributed by atoms with Crippen LogP contribution in [0.5, 0.6) is 0 Å². The van der Waals surface area contributed by atoms with Gasteiger partial charge in [-0.2, -0.15) is 0 Å². The van der Waals surface area contributed by atoms with Crippen molar-refractivity contribution in [3.8, 4) is 0 Å². The third kappa shape index (κ3) is 3.80. The van der Waals surface area contributed by atoms with Crippen molar-refractivity contribution in [1.29, 1.82) is 0 Å². The first-order valence-electron chi connectivity index (χ1n) is 9.05. The summed E-state index contributed by atoms with van der Waals surface area (Å²) in [6.07, 6.45) is 0. The lowest BCUT2D eigenvalue weighted by atomic mass is 9.78. The van der Waals surface area contributed by atoms with Gasteiger partial charge >= 0.3 is 0 Å². The van der Waals surface area contributed by atoms with Crippen molar-refractivity contribution in [2.75, 3.05) is 0 Å². The average molecular weight is 362 g/mol. The van der Waals surface area contributed by atoms with Gasteiger partial charge in [0.05, 0.1) is 6.04 Å². The lowest BCUT2D eigenvalue weighted by Gasteiger charge is -2.44. The first-order valence-corrected chi connectivity index (χ1v) is 12.5. The zero-order chi connectivity index (χ0) is 18.6. The van der Waals surface area contributed by atoms with Gasteiger partial charge < -0.3 is 10.2 Å². The summed E-state index contributed by atoms with van der Waals surface area (Å²) < 4.78 is 6.93. The highest BCUT2D eigenvalue weighted by atomic mass is 28.4. The van der Waals surface area contributed by atoms with Gasteiger partial charge in [0, 0.05) is 0 Å².